The maximum atomic E-state index is 5.96. The molecular formula is C9H17NO. The van der Waals surface area contributed by atoms with Gasteiger partial charge in [0.05, 0.1) is 6.61 Å². The molecule has 0 bridgehead atoms. The zero-order valence-electron chi connectivity index (χ0n) is 7.18. The average Bonchev–Trinajstić information content (AvgIpc) is 2.61. The molecule has 1 aliphatic heterocycles. The van der Waals surface area contributed by atoms with Crippen LogP contribution < -0.4 is 5.73 Å². The van der Waals surface area contributed by atoms with Gasteiger partial charge in [-0.05, 0) is 37.5 Å². The maximum absolute atomic E-state index is 5.96. The van der Waals surface area contributed by atoms with Gasteiger partial charge in [0.2, 0.25) is 0 Å². The van der Waals surface area contributed by atoms with Gasteiger partial charge in [-0.1, -0.05) is 0 Å². The Morgan fingerprint density at radius 2 is 2.27 bits per heavy atom. The van der Waals surface area contributed by atoms with Gasteiger partial charge in [0.1, 0.15) is 0 Å². The van der Waals surface area contributed by atoms with Crippen LogP contribution >= 0.6 is 0 Å². The zero-order valence-corrected chi connectivity index (χ0v) is 7.18. The molecular weight excluding hydrogens is 138 g/mol. The predicted molar refractivity (Wildman–Crippen MR) is 44.2 cm³/mol. The predicted octanol–water partition coefficient (Wildman–Crippen LogP) is 1.15. The Hall–Kier alpha value is -0.0800. The summed E-state index contributed by atoms with van der Waals surface area (Å²) in [6.45, 7) is 4.06. The highest BCUT2D eigenvalue weighted by Gasteiger charge is 2.52. The van der Waals surface area contributed by atoms with Crippen LogP contribution in [0.25, 0.3) is 0 Å². The summed E-state index contributed by atoms with van der Waals surface area (Å²) in [5.41, 5.74) is 6.44. The maximum Gasteiger partial charge on any atom is 0.0501 e. The molecule has 0 amide bonds. The van der Waals surface area contributed by atoms with Gasteiger partial charge in [0.15, 0.2) is 0 Å². The minimum Gasteiger partial charge on any atom is -0.381 e. The summed E-state index contributed by atoms with van der Waals surface area (Å²) >= 11 is 0. The van der Waals surface area contributed by atoms with Gasteiger partial charge in [-0.2, -0.15) is 0 Å². The van der Waals surface area contributed by atoms with E-state index in [4.69, 9.17) is 10.5 Å². The van der Waals surface area contributed by atoms with Crippen molar-refractivity contribution >= 4 is 0 Å². The first kappa shape index (κ1) is 7.56. The number of hydrogen-bond donors (Lipinski definition) is 1. The highest BCUT2D eigenvalue weighted by atomic mass is 16.5. The van der Waals surface area contributed by atoms with Gasteiger partial charge in [-0.25, -0.2) is 0 Å². The Bertz CT molecular complexity index is 146. The molecule has 64 valence electrons. The molecule has 1 saturated heterocycles. The molecule has 2 unspecified atom stereocenters. The highest BCUT2D eigenvalue weighted by molar-refractivity contribution is 5.04. The summed E-state index contributed by atoms with van der Waals surface area (Å²) in [4.78, 5) is 0. The fourth-order valence-corrected chi connectivity index (χ4v) is 2.37. The molecule has 2 heteroatoms. The molecule has 0 aromatic carbocycles. The first-order chi connectivity index (χ1) is 5.26. The third kappa shape index (κ3) is 1.09. The van der Waals surface area contributed by atoms with Crippen LogP contribution in [0, 0.1) is 11.3 Å². The third-order valence-corrected chi connectivity index (χ3v) is 3.48. The molecule has 2 atom stereocenters. The summed E-state index contributed by atoms with van der Waals surface area (Å²) in [5.74, 6) is 0.766. The molecule has 1 aliphatic carbocycles. The Balaban J connectivity index is 2.01. The van der Waals surface area contributed by atoms with Crippen molar-refractivity contribution in [2.75, 3.05) is 13.2 Å². The van der Waals surface area contributed by atoms with Crippen LogP contribution in [0.15, 0.2) is 0 Å². The van der Waals surface area contributed by atoms with Crippen molar-refractivity contribution in [1.82, 2.24) is 0 Å². The smallest absolute Gasteiger partial charge is 0.0501 e. The average molecular weight is 155 g/mol. The molecule has 2 fully saturated rings. The van der Waals surface area contributed by atoms with Crippen molar-refractivity contribution in [2.24, 2.45) is 17.1 Å². The van der Waals surface area contributed by atoms with Crippen molar-refractivity contribution in [2.45, 2.75) is 32.2 Å². The highest BCUT2D eigenvalue weighted by Crippen LogP contribution is 2.56. The lowest BCUT2D eigenvalue weighted by Crippen LogP contribution is -2.34. The number of ether oxygens (including phenoxy) is 1. The second kappa shape index (κ2) is 2.46. The van der Waals surface area contributed by atoms with Crippen LogP contribution in [0.2, 0.25) is 0 Å². The standard InChI is InChI=1S/C9H17NO/c1-7(10)9(3-4-9)8-2-5-11-6-8/h7-8H,2-6,10H2,1H3. The van der Waals surface area contributed by atoms with E-state index >= 15 is 0 Å². The quantitative estimate of drug-likeness (QED) is 0.649. The van der Waals surface area contributed by atoms with Gasteiger partial charge in [0.25, 0.3) is 0 Å². The van der Waals surface area contributed by atoms with Crippen LogP contribution in [0.3, 0.4) is 0 Å². The summed E-state index contributed by atoms with van der Waals surface area (Å²) in [5, 5.41) is 0. The molecule has 1 saturated carbocycles. The summed E-state index contributed by atoms with van der Waals surface area (Å²) in [6.07, 6.45) is 3.90. The lowest BCUT2D eigenvalue weighted by atomic mass is 9.83. The van der Waals surface area contributed by atoms with E-state index in [1.165, 1.54) is 19.3 Å². The Morgan fingerprint density at radius 1 is 1.55 bits per heavy atom. The van der Waals surface area contributed by atoms with Crippen LogP contribution in [0.4, 0.5) is 0 Å². The summed E-state index contributed by atoms with van der Waals surface area (Å²) in [7, 11) is 0. The van der Waals surface area contributed by atoms with Crippen molar-refractivity contribution < 1.29 is 4.74 Å². The van der Waals surface area contributed by atoms with E-state index in [1.807, 2.05) is 0 Å². The van der Waals surface area contributed by atoms with Gasteiger partial charge in [-0.3, -0.25) is 0 Å². The van der Waals surface area contributed by atoms with E-state index in [2.05, 4.69) is 6.92 Å². The summed E-state index contributed by atoms with van der Waals surface area (Å²) in [6, 6.07) is 0.370. The minimum atomic E-state index is 0.370. The molecule has 2 nitrogen and oxygen atoms in total. The van der Waals surface area contributed by atoms with Crippen LogP contribution in [-0.2, 0) is 4.74 Å². The second-order valence-electron chi connectivity index (χ2n) is 4.08. The van der Waals surface area contributed by atoms with E-state index in [0.29, 0.717) is 11.5 Å². The van der Waals surface area contributed by atoms with Gasteiger partial charge in [-0.15, -0.1) is 0 Å². The molecule has 0 radical (unpaired) electrons. The van der Waals surface area contributed by atoms with Crippen molar-refractivity contribution in [1.29, 1.82) is 0 Å². The van der Waals surface area contributed by atoms with Crippen LogP contribution in [-0.4, -0.2) is 19.3 Å². The van der Waals surface area contributed by atoms with Crippen molar-refractivity contribution in [3.05, 3.63) is 0 Å². The lowest BCUT2D eigenvalue weighted by molar-refractivity contribution is 0.160. The van der Waals surface area contributed by atoms with Gasteiger partial charge < -0.3 is 10.5 Å². The number of rotatable bonds is 2. The monoisotopic (exact) mass is 155 g/mol. The molecule has 0 aromatic heterocycles. The van der Waals surface area contributed by atoms with Gasteiger partial charge >= 0.3 is 0 Å². The van der Waals surface area contributed by atoms with E-state index in [9.17, 15) is 0 Å². The Labute approximate surface area is 68.1 Å². The van der Waals surface area contributed by atoms with Crippen molar-refractivity contribution in [3.63, 3.8) is 0 Å². The second-order valence-corrected chi connectivity index (χ2v) is 4.08. The normalized spacial score (nSPS) is 37.1. The van der Waals surface area contributed by atoms with Crippen molar-refractivity contribution in [3.8, 4) is 0 Å². The number of hydrogen-bond acceptors (Lipinski definition) is 2. The minimum absolute atomic E-state index is 0.370. The van der Waals surface area contributed by atoms with Crippen LogP contribution in [0.5, 0.6) is 0 Å². The first-order valence-corrected chi connectivity index (χ1v) is 4.59. The van der Waals surface area contributed by atoms with E-state index in [-0.39, 0.29) is 0 Å². The Kier molecular flexibility index (Phi) is 1.69. The molecule has 2 rings (SSSR count). The molecule has 2 N–H and O–H groups in total. The zero-order chi connectivity index (χ0) is 7.90. The first-order valence-electron chi connectivity index (χ1n) is 4.59. The van der Waals surface area contributed by atoms with Gasteiger partial charge in [0, 0.05) is 12.6 Å². The van der Waals surface area contributed by atoms with E-state index in [0.717, 1.165) is 19.1 Å². The third-order valence-electron chi connectivity index (χ3n) is 3.48. The largest absolute Gasteiger partial charge is 0.381 e. The topological polar surface area (TPSA) is 35.2 Å². The molecule has 0 aromatic rings. The summed E-state index contributed by atoms with van der Waals surface area (Å²) < 4.78 is 5.38. The number of nitrogens with two attached hydrogens (primary N) is 1. The van der Waals surface area contributed by atoms with Crippen LogP contribution in [0.1, 0.15) is 26.2 Å². The lowest BCUT2D eigenvalue weighted by Gasteiger charge is -2.25. The molecule has 1 heterocycles. The Morgan fingerprint density at radius 3 is 2.64 bits per heavy atom. The molecule has 0 spiro atoms. The fourth-order valence-electron chi connectivity index (χ4n) is 2.37. The van der Waals surface area contributed by atoms with E-state index in [1.54, 1.807) is 0 Å². The molecule has 11 heavy (non-hydrogen) atoms. The van der Waals surface area contributed by atoms with E-state index < -0.39 is 0 Å². The molecule has 2 aliphatic rings. The fraction of sp³-hybridized carbons (Fsp3) is 1.00. The SMILES string of the molecule is CC(N)C1(C2CCOC2)CC1.